The van der Waals surface area contributed by atoms with E-state index in [1.165, 1.54) is 18.2 Å². The monoisotopic (exact) mass is 311 g/mol. The molecule has 0 N–H and O–H groups in total. The predicted octanol–water partition coefficient (Wildman–Crippen LogP) is 5.09. The summed E-state index contributed by atoms with van der Waals surface area (Å²) in [6.07, 6.45) is 0. The van der Waals surface area contributed by atoms with Gasteiger partial charge in [-0.3, -0.25) is 10.1 Å². The number of nitrogens with zero attached hydrogens (tertiary/aromatic N) is 1. The van der Waals surface area contributed by atoms with Crippen LogP contribution < -0.4 is 4.74 Å². The van der Waals surface area contributed by atoms with E-state index in [0.717, 1.165) is 11.1 Å². The molecule has 20 heavy (non-hydrogen) atoms. The maximum atomic E-state index is 10.7. The van der Waals surface area contributed by atoms with Crippen LogP contribution in [0.4, 0.5) is 5.69 Å². The fraction of sp³-hybridized carbons (Fsp3) is 0.143. The molecule has 0 fully saturated rings. The molecular weight excluding hydrogens is 301 g/mol. The molecule has 0 aromatic heterocycles. The lowest BCUT2D eigenvalue weighted by Crippen LogP contribution is -1.92. The first kappa shape index (κ1) is 14.6. The van der Waals surface area contributed by atoms with Crippen molar-refractivity contribution in [2.24, 2.45) is 0 Å². The van der Waals surface area contributed by atoms with E-state index in [9.17, 15) is 10.1 Å². The smallest absolute Gasteiger partial charge is 0.288 e. The Morgan fingerprint density at radius 2 is 2.00 bits per heavy atom. The zero-order valence-corrected chi connectivity index (χ0v) is 12.1. The van der Waals surface area contributed by atoms with Crippen LogP contribution in [-0.4, -0.2) is 4.92 Å². The first-order valence-electron chi connectivity index (χ1n) is 5.78. The molecule has 2 rings (SSSR count). The average molecular weight is 312 g/mol. The molecule has 104 valence electrons. The van der Waals surface area contributed by atoms with Crippen molar-refractivity contribution in [3.8, 4) is 11.5 Å². The van der Waals surface area contributed by atoms with Gasteiger partial charge in [-0.25, -0.2) is 0 Å². The summed E-state index contributed by atoms with van der Waals surface area (Å²) in [5.74, 6) is 1.54. The van der Waals surface area contributed by atoms with Gasteiger partial charge < -0.3 is 4.74 Å². The van der Waals surface area contributed by atoms with Gasteiger partial charge in [0.1, 0.15) is 16.5 Å². The van der Waals surface area contributed by atoms with Gasteiger partial charge in [0, 0.05) is 18.0 Å². The molecule has 0 aliphatic heterocycles. The molecule has 2 aromatic rings. The molecule has 2 aromatic carbocycles. The van der Waals surface area contributed by atoms with Crippen molar-refractivity contribution >= 4 is 28.9 Å². The van der Waals surface area contributed by atoms with Crippen molar-refractivity contribution < 1.29 is 9.66 Å². The van der Waals surface area contributed by atoms with Gasteiger partial charge in [-0.2, -0.15) is 0 Å². The number of benzene rings is 2. The number of hydrogen-bond donors (Lipinski definition) is 0. The lowest BCUT2D eigenvalue weighted by Gasteiger charge is -2.10. The van der Waals surface area contributed by atoms with Gasteiger partial charge in [-0.15, -0.1) is 11.6 Å². The summed E-state index contributed by atoms with van der Waals surface area (Å²) in [4.78, 5) is 10.1. The fourth-order valence-corrected chi connectivity index (χ4v) is 2.14. The van der Waals surface area contributed by atoms with E-state index >= 15 is 0 Å². The number of nitro benzene ring substituents is 1. The summed E-state index contributed by atoms with van der Waals surface area (Å²) in [7, 11) is 0. The number of aryl methyl sites for hydroxylation is 1. The molecule has 0 aliphatic carbocycles. The highest BCUT2D eigenvalue weighted by atomic mass is 35.5. The molecule has 0 amide bonds. The van der Waals surface area contributed by atoms with Crippen LogP contribution in [0.25, 0.3) is 0 Å². The van der Waals surface area contributed by atoms with Gasteiger partial charge in [0.2, 0.25) is 0 Å². The molecular formula is C14H11Cl2NO3. The lowest BCUT2D eigenvalue weighted by atomic mass is 10.1. The second kappa shape index (κ2) is 6.11. The molecule has 0 bridgehead atoms. The first-order chi connectivity index (χ1) is 9.51. The van der Waals surface area contributed by atoms with E-state index in [-0.39, 0.29) is 10.7 Å². The maximum absolute atomic E-state index is 10.7. The molecule has 0 unspecified atom stereocenters. The van der Waals surface area contributed by atoms with Crippen LogP contribution in [0.1, 0.15) is 11.1 Å². The summed E-state index contributed by atoms with van der Waals surface area (Å²) in [5, 5.41) is 10.7. The standard InChI is InChI=1S/C14H11Cl2NO3/c1-9-6-10(8-15)2-5-14(9)20-11-3-4-13(17(18)19)12(16)7-11/h2-7H,8H2,1H3. The summed E-state index contributed by atoms with van der Waals surface area (Å²) < 4.78 is 5.67. The SMILES string of the molecule is Cc1cc(CCl)ccc1Oc1ccc([N+](=O)[O-])c(Cl)c1. The minimum Gasteiger partial charge on any atom is -0.457 e. The Hall–Kier alpha value is -1.78. The lowest BCUT2D eigenvalue weighted by molar-refractivity contribution is -0.384. The summed E-state index contributed by atoms with van der Waals surface area (Å²) >= 11 is 11.6. The van der Waals surface area contributed by atoms with E-state index in [0.29, 0.717) is 17.4 Å². The third kappa shape index (κ3) is 3.21. The summed E-state index contributed by atoms with van der Waals surface area (Å²) in [6, 6.07) is 9.85. The summed E-state index contributed by atoms with van der Waals surface area (Å²) in [6.45, 7) is 1.90. The molecule has 0 saturated heterocycles. The van der Waals surface area contributed by atoms with Crippen molar-refractivity contribution in [2.45, 2.75) is 12.8 Å². The minimum atomic E-state index is -0.535. The van der Waals surface area contributed by atoms with Crippen molar-refractivity contribution in [2.75, 3.05) is 0 Å². The van der Waals surface area contributed by atoms with Gasteiger partial charge in [-0.05, 0) is 30.2 Å². The van der Waals surface area contributed by atoms with Gasteiger partial charge in [0.15, 0.2) is 0 Å². The highest BCUT2D eigenvalue weighted by molar-refractivity contribution is 6.32. The van der Waals surface area contributed by atoms with E-state index in [1.807, 2.05) is 25.1 Å². The van der Waals surface area contributed by atoms with Crippen molar-refractivity contribution in [3.63, 3.8) is 0 Å². The number of rotatable bonds is 4. The van der Waals surface area contributed by atoms with Gasteiger partial charge in [0.25, 0.3) is 5.69 Å². The Morgan fingerprint density at radius 3 is 2.55 bits per heavy atom. The first-order valence-corrected chi connectivity index (χ1v) is 6.70. The van der Waals surface area contributed by atoms with Crippen LogP contribution in [0.3, 0.4) is 0 Å². The van der Waals surface area contributed by atoms with Crippen LogP contribution in [0.15, 0.2) is 36.4 Å². The maximum Gasteiger partial charge on any atom is 0.288 e. The predicted molar refractivity (Wildman–Crippen MR) is 78.9 cm³/mol. The van der Waals surface area contributed by atoms with Crippen molar-refractivity contribution in [1.29, 1.82) is 0 Å². The number of ether oxygens (including phenoxy) is 1. The van der Waals surface area contributed by atoms with E-state index < -0.39 is 4.92 Å². The van der Waals surface area contributed by atoms with E-state index in [4.69, 9.17) is 27.9 Å². The van der Waals surface area contributed by atoms with Gasteiger partial charge >= 0.3 is 0 Å². The Bertz CT molecular complexity index is 659. The molecule has 0 atom stereocenters. The normalized spacial score (nSPS) is 10.3. The third-order valence-electron chi connectivity index (χ3n) is 2.74. The van der Waals surface area contributed by atoms with E-state index in [1.54, 1.807) is 0 Å². The molecule has 4 nitrogen and oxygen atoms in total. The van der Waals surface area contributed by atoms with Crippen molar-refractivity contribution in [3.05, 3.63) is 62.7 Å². The minimum absolute atomic E-state index is 0.0440. The summed E-state index contributed by atoms with van der Waals surface area (Å²) in [5.41, 5.74) is 1.78. The molecule has 0 heterocycles. The molecule has 0 spiro atoms. The molecule has 6 heteroatoms. The zero-order valence-electron chi connectivity index (χ0n) is 10.6. The van der Waals surface area contributed by atoms with Crippen molar-refractivity contribution in [1.82, 2.24) is 0 Å². The zero-order chi connectivity index (χ0) is 14.7. The third-order valence-corrected chi connectivity index (χ3v) is 3.35. The Morgan fingerprint density at radius 1 is 1.25 bits per heavy atom. The fourth-order valence-electron chi connectivity index (χ4n) is 1.74. The van der Waals surface area contributed by atoms with Crippen LogP contribution in [0.5, 0.6) is 11.5 Å². The highest BCUT2D eigenvalue weighted by Crippen LogP contribution is 2.32. The average Bonchev–Trinajstić information content (AvgIpc) is 2.40. The number of alkyl halides is 1. The Labute approximate surface area is 126 Å². The van der Waals surface area contributed by atoms with Crippen LogP contribution in [0, 0.1) is 17.0 Å². The number of nitro groups is 1. The van der Waals surface area contributed by atoms with Crippen LogP contribution >= 0.6 is 23.2 Å². The van der Waals surface area contributed by atoms with Gasteiger partial charge in [0.05, 0.1) is 4.92 Å². The second-order valence-corrected chi connectivity index (χ2v) is 4.88. The second-order valence-electron chi connectivity index (χ2n) is 4.21. The number of halogens is 2. The number of hydrogen-bond acceptors (Lipinski definition) is 3. The van der Waals surface area contributed by atoms with Crippen LogP contribution in [-0.2, 0) is 5.88 Å². The van der Waals surface area contributed by atoms with Crippen LogP contribution in [0.2, 0.25) is 5.02 Å². The molecule has 0 radical (unpaired) electrons. The van der Waals surface area contributed by atoms with Gasteiger partial charge in [-0.1, -0.05) is 23.7 Å². The quantitative estimate of drug-likeness (QED) is 0.449. The van der Waals surface area contributed by atoms with E-state index in [2.05, 4.69) is 0 Å². The Kier molecular flexibility index (Phi) is 4.47. The highest BCUT2D eigenvalue weighted by Gasteiger charge is 2.13. The topological polar surface area (TPSA) is 52.4 Å². The molecule has 0 saturated carbocycles. The largest absolute Gasteiger partial charge is 0.457 e. The Balaban J connectivity index is 2.26. The molecule has 0 aliphatic rings.